The molecule has 0 saturated heterocycles. The lowest BCUT2D eigenvalue weighted by Gasteiger charge is -2.32. The molecule has 1 fully saturated rings. The summed E-state index contributed by atoms with van der Waals surface area (Å²) in [4.78, 5) is 0. The predicted octanol–water partition coefficient (Wildman–Crippen LogP) is 0.653. The minimum Gasteiger partial charge on any atom is -0.377 e. The molecule has 0 aromatic carbocycles. The van der Waals surface area contributed by atoms with Gasteiger partial charge in [0.25, 0.3) is 0 Å². The van der Waals surface area contributed by atoms with Crippen LogP contribution in [0.25, 0.3) is 0 Å². The maximum atomic E-state index is 5.45. The van der Waals surface area contributed by atoms with E-state index in [1.165, 1.54) is 12.8 Å². The Morgan fingerprint density at radius 3 is 2.36 bits per heavy atom. The highest BCUT2D eigenvalue weighted by atomic mass is 16.5. The van der Waals surface area contributed by atoms with Crippen molar-refractivity contribution in [2.45, 2.75) is 38.3 Å². The molecule has 3 heteroatoms. The highest BCUT2D eigenvalue weighted by Crippen LogP contribution is 2.37. The fourth-order valence-electron chi connectivity index (χ4n) is 1.46. The minimum atomic E-state index is -0.143. The summed E-state index contributed by atoms with van der Waals surface area (Å²) >= 11 is 0. The fraction of sp³-hybridized carbons (Fsp3) is 1.00. The van der Waals surface area contributed by atoms with Crippen LogP contribution in [0, 0.1) is 5.92 Å². The molecule has 0 heterocycles. The average molecular weight is 158 g/mol. The molecule has 0 aromatic rings. The van der Waals surface area contributed by atoms with Gasteiger partial charge in [0, 0.05) is 7.11 Å². The van der Waals surface area contributed by atoms with Gasteiger partial charge in [0.05, 0.1) is 11.6 Å². The molecule has 0 bridgehead atoms. The summed E-state index contributed by atoms with van der Waals surface area (Å²) in [5.41, 5.74) is 2.69. The van der Waals surface area contributed by atoms with E-state index in [0.717, 1.165) is 5.92 Å². The van der Waals surface area contributed by atoms with Gasteiger partial charge in [0.1, 0.15) is 0 Å². The molecule has 0 aliphatic heterocycles. The van der Waals surface area contributed by atoms with E-state index in [4.69, 9.17) is 10.6 Å². The number of hydrazine groups is 1. The van der Waals surface area contributed by atoms with Crippen LogP contribution in [0.2, 0.25) is 0 Å². The Hall–Kier alpha value is -0.120. The van der Waals surface area contributed by atoms with Crippen molar-refractivity contribution in [3.63, 3.8) is 0 Å². The van der Waals surface area contributed by atoms with Gasteiger partial charge >= 0.3 is 0 Å². The summed E-state index contributed by atoms with van der Waals surface area (Å²) < 4.78 is 5.35. The number of methoxy groups -OCH3 is 1. The molecule has 1 unspecified atom stereocenters. The lowest BCUT2D eigenvalue weighted by molar-refractivity contribution is -0.0166. The quantitative estimate of drug-likeness (QED) is 0.466. The van der Waals surface area contributed by atoms with Crippen molar-refractivity contribution in [2.24, 2.45) is 11.8 Å². The van der Waals surface area contributed by atoms with E-state index in [1.54, 1.807) is 7.11 Å². The van der Waals surface area contributed by atoms with Crippen molar-refractivity contribution in [1.29, 1.82) is 0 Å². The maximum absolute atomic E-state index is 5.45. The molecule has 0 aromatic heterocycles. The van der Waals surface area contributed by atoms with Gasteiger partial charge in [-0.1, -0.05) is 0 Å². The van der Waals surface area contributed by atoms with E-state index >= 15 is 0 Å². The number of hydrogen-bond donors (Lipinski definition) is 2. The Bertz CT molecular complexity index is 132. The molecule has 1 atom stereocenters. The van der Waals surface area contributed by atoms with Gasteiger partial charge < -0.3 is 4.74 Å². The SMILES string of the molecule is COC(C)(C)C(NN)C1CC1. The van der Waals surface area contributed by atoms with Crippen molar-refractivity contribution < 1.29 is 4.74 Å². The smallest absolute Gasteiger partial charge is 0.0791 e. The van der Waals surface area contributed by atoms with Gasteiger partial charge in [-0.2, -0.15) is 0 Å². The van der Waals surface area contributed by atoms with Crippen molar-refractivity contribution >= 4 is 0 Å². The van der Waals surface area contributed by atoms with Crippen LogP contribution in [0.15, 0.2) is 0 Å². The molecule has 1 aliphatic carbocycles. The molecule has 1 saturated carbocycles. The van der Waals surface area contributed by atoms with Crippen LogP contribution in [0.3, 0.4) is 0 Å². The first kappa shape index (κ1) is 8.97. The van der Waals surface area contributed by atoms with Gasteiger partial charge in [-0.25, -0.2) is 0 Å². The van der Waals surface area contributed by atoms with E-state index in [0.29, 0.717) is 6.04 Å². The Morgan fingerprint density at radius 2 is 2.09 bits per heavy atom. The molecule has 11 heavy (non-hydrogen) atoms. The van der Waals surface area contributed by atoms with E-state index in [9.17, 15) is 0 Å². The third-order valence-electron chi connectivity index (χ3n) is 2.55. The van der Waals surface area contributed by atoms with Crippen LogP contribution in [0.5, 0.6) is 0 Å². The summed E-state index contributed by atoms with van der Waals surface area (Å²) in [5, 5.41) is 0. The van der Waals surface area contributed by atoms with E-state index in [-0.39, 0.29) is 5.60 Å². The highest BCUT2D eigenvalue weighted by Gasteiger charge is 2.40. The first-order valence-electron chi connectivity index (χ1n) is 4.13. The third-order valence-corrected chi connectivity index (χ3v) is 2.55. The fourth-order valence-corrected chi connectivity index (χ4v) is 1.46. The standard InChI is InChI=1S/C8H18N2O/c1-8(2,11-3)7(10-9)6-4-5-6/h6-7,10H,4-5,9H2,1-3H3. The van der Waals surface area contributed by atoms with Crippen LogP contribution in [0.1, 0.15) is 26.7 Å². The second kappa shape index (κ2) is 3.09. The summed E-state index contributed by atoms with van der Waals surface area (Å²) in [6.45, 7) is 4.13. The van der Waals surface area contributed by atoms with E-state index in [1.807, 2.05) is 0 Å². The lowest BCUT2D eigenvalue weighted by Crippen LogP contribution is -2.52. The van der Waals surface area contributed by atoms with Crippen molar-refractivity contribution in [1.82, 2.24) is 5.43 Å². The Kier molecular flexibility index (Phi) is 2.52. The zero-order valence-electron chi connectivity index (χ0n) is 7.55. The van der Waals surface area contributed by atoms with Crippen LogP contribution in [0.4, 0.5) is 0 Å². The predicted molar refractivity (Wildman–Crippen MR) is 44.9 cm³/mol. The monoisotopic (exact) mass is 158 g/mol. The molecule has 0 amide bonds. The Balaban J connectivity index is 2.51. The number of nitrogens with one attached hydrogen (secondary N) is 1. The summed E-state index contributed by atoms with van der Waals surface area (Å²) in [5.74, 6) is 6.16. The first-order valence-corrected chi connectivity index (χ1v) is 4.13. The highest BCUT2D eigenvalue weighted by molar-refractivity contribution is 4.95. The second-order valence-corrected chi connectivity index (χ2v) is 3.79. The molecule has 66 valence electrons. The Morgan fingerprint density at radius 1 is 1.55 bits per heavy atom. The summed E-state index contributed by atoms with van der Waals surface area (Å²) in [7, 11) is 1.73. The number of hydrogen-bond acceptors (Lipinski definition) is 3. The summed E-state index contributed by atoms with van der Waals surface area (Å²) in [6.07, 6.45) is 2.56. The summed E-state index contributed by atoms with van der Waals surface area (Å²) in [6, 6.07) is 0.299. The third kappa shape index (κ3) is 1.92. The van der Waals surface area contributed by atoms with Gasteiger partial charge in [-0.3, -0.25) is 11.3 Å². The van der Waals surface area contributed by atoms with Crippen LogP contribution < -0.4 is 11.3 Å². The number of ether oxygens (including phenoxy) is 1. The number of nitrogens with two attached hydrogens (primary N) is 1. The van der Waals surface area contributed by atoms with E-state index in [2.05, 4.69) is 19.3 Å². The van der Waals surface area contributed by atoms with Gasteiger partial charge in [0.15, 0.2) is 0 Å². The second-order valence-electron chi connectivity index (χ2n) is 3.79. The van der Waals surface area contributed by atoms with Crippen LogP contribution in [-0.2, 0) is 4.74 Å². The van der Waals surface area contributed by atoms with Crippen molar-refractivity contribution in [2.75, 3.05) is 7.11 Å². The van der Waals surface area contributed by atoms with Crippen molar-refractivity contribution in [3.05, 3.63) is 0 Å². The first-order chi connectivity index (χ1) is 5.11. The molecule has 1 aliphatic rings. The minimum absolute atomic E-state index is 0.143. The normalized spacial score (nSPS) is 21.8. The molecule has 3 N–H and O–H groups in total. The zero-order valence-corrected chi connectivity index (χ0v) is 7.55. The zero-order chi connectivity index (χ0) is 8.48. The molecule has 0 spiro atoms. The molecule has 0 radical (unpaired) electrons. The van der Waals surface area contributed by atoms with Crippen LogP contribution >= 0.6 is 0 Å². The molecular formula is C8H18N2O. The topological polar surface area (TPSA) is 47.3 Å². The Labute approximate surface area is 68.3 Å². The molecular weight excluding hydrogens is 140 g/mol. The van der Waals surface area contributed by atoms with Gasteiger partial charge in [-0.05, 0) is 32.6 Å². The van der Waals surface area contributed by atoms with Crippen LogP contribution in [-0.4, -0.2) is 18.8 Å². The van der Waals surface area contributed by atoms with Gasteiger partial charge in [0.2, 0.25) is 0 Å². The van der Waals surface area contributed by atoms with Gasteiger partial charge in [-0.15, -0.1) is 0 Å². The van der Waals surface area contributed by atoms with Crippen molar-refractivity contribution in [3.8, 4) is 0 Å². The maximum Gasteiger partial charge on any atom is 0.0791 e. The molecule has 1 rings (SSSR count). The van der Waals surface area contributed by atoms with E-state index < -0.39 is 0 Å². The lowest BCUT2D eigenvalue weighted by atomic mass is 9.95. The average Bonchev–Trinajstić information content (AvgIpc) is 2.73. The molecule has 3 nitrogen and oxygen atoms in total. The largest absolute Gasteiger partial charge is 0.377 e. The number of rotatable bonds is 4.